The average molecular weight is 340 g/mol. The zero-order valence-electron chi connectivity index (χ0n) is 14.3. The predicted octanol–water partition coefficient (Wildman–Crippen LogP) is 2.83. The van der Waals surface area contributed by atoms with E-state index in [1.807, 2.05) is 25.1 Å². The zero-order chi connectivity index (χ0) is 18.0. The van der Waals surface area contributed by atoms with Gasteiger partial charge in [0.1, 0.15) is 11.6 Å². The van der Waals surface area contributed by atoms with Crippen LogP contribution in [0, 0.1) is 5.82 Å². The molecular weight excluding hydrogens is 319 g/mol. The fourth-order valence-electron chi connectivity index (χ4n) is 2.82. The van der Waals surface area contributed by atoms with Crippen molar-refractivity contribution in [3.8, 4) is 11.1 Å². The molecule has 0 spiro atoms. The molecule has 0 fully saturated rings. The molecule has 3 aromatic rings. The molecule has 0 aliphatic rings. The van der Waals surface area contributed by atoms with Crippen LogP contribution < -0.4 is 11.1 Å². The summed E-state index contributed by atoms with van der Waals surface area (Å²) in [6, 6.07) is 11.8. The monoisotopic (exact) mass is 340 g/mol. The first kappa shape index (κ1) is 17.1. The van der Waals surface area contributed by atoms with Crippen LogP contribution >= 0.6 is 0 Å². The van der Waals surface area contributed by atoms with Crippen LogP contribution in [-0.2, 0) is 17.9 Å². The van der Waals surface area contributed by atoms with Crippen LogP contribution in [0.15, 0.2) is 42.5 Å². The molecule has 1 amide bonds. The van der Waals surface area contributed by atoms with E-state index in [0.29, 0.717) is 6.54 Å². The SMILES string of the molecule is CCn1c(CNC(=O)[C@H](C)N)nc2cc(-c3ccc(F)cc3)ccc21. The summed E-state index contributed by atoms with van der Waals surface area (Å²) in [4.78, 5) is 16.3. The molecule has 0 aliphatic heterocycles. The van der Waals surface area contributed by atoms with Crippen LogP contribution in [0.2, 0.25) is 0 Å². The number of rotatable bonds is 5. The van der Waals surface area contributed by atoms with E-state index in [9.17, 15) is 9.18 Å². The normalized spacial score (nSPS) is 12.3. The van der Waals surface area contributed by atoms with Gasteiger partial charge in [0.25, 0.3) is 0 Å². The van der Waals surface area contributed by atoms with Crippen LogP contribution in [0.1, 0.15) is 19.7 Å². The lowest BCUT2D eigenvalue weighted by atomic mass is 10.1. The summed E-state index contributed by atoms with van der Waals surface area (Å²) in [5.74, 6) is 0.316. The van der Waals surface area contributed by atoms with Gasteiger partial charge in [-0.2, -0.15) is 0 Å². The number of carbonyl (C=O) groups is 1. The Hall–Kier alpha value is -2.73. The van der Waals surface area contributed by atoms with Crippen molar-refractivity contribution in [1.82, 2.24) is 14.9 Å². The summed E-state index contributed by atoms with van der Waals surface area (Å²) in [6.07, 6.45) is 0. The summed E-state index contributed by atoms with van der Waals surface area (Å²) in [6.45, 7) is 4.75. The molecule has 130 valence electrons. The molecule has 6 heteroatoms. The van der Waals surface area contributed by atoms with E-state index in [1.54, 1.807) is 19.1 Å². The molecule has 0 saturated heterocycles. The molecule has 25 heavy (non-hydrogen) atoms. The lowest BCUT2D eigenvalue weighted by molar-refractivity contribution is -0.122. The van der Waals surface area contributed by atoms with Crippen molar-refractivity contribution >= 4 is 16.9 Å². The van der Waals surface area contributed by atoms with Gasteiger partial charge in [-0.05, 0) is 49.2 Å². The van der Waals surface area contributed by atoms with E-state index < -0.39 is 6.04 Å². The Bertz CT molecular complexity index is 900. The fraction of sp³-hybridized carbons (Fsp3) is 0.263. The molecule has 2 aromatic carbocycles. The van der Waals surface area contributed by atoms with Crippen molar-refractivity contribution < 1.29 is 9.18 Å². The van der Waals surface area contributed by atoms with Gasteiger partial charge >= 0.3 is 0 Å². The Balaban J connectivity index is 1.94. The quantitative estimate of drug-likeness (QED) is 0.750. The van der Waals surface area contributed by atoms with Crippen molar-refractivity contribution in [2.45, 2.75) is 33.0 Å². The molecule has 1 heterocycles. The van der Waals surface area contributed by atoms with E-state index in [4.69, 9.17) is 5.73 Å². The minimum Gasteiger partial charge on any atom is -0.348 e. The number of aryl methyl sites for hydroxylation is 1. The first-order valence-electron chi connectivity index (χ1n) is 8.28. The fourth-order valence-corrected chi connectivity index (χ4v) is 2.82. The number of hydrogen-bond acceptors (Lipinski definition) is 3. The van der Waals surface area contributed by atoms with Gasteiger partial charge in [-0.3, -0.25) is 4.79 Å². The molecule has 1 aromatic heterocycles. The Labute approximate surface area is 145 Å². The van der Waals surface area contributed by atoms with Crippen LogP contribution in [0.4, 0.5) is 4.39 Å². The lowest BCUT2D eigenvalue weighted by Crippen LogP contribution is -2.38. The number of imidazole rings is 1. The number of halogens is 1. The lowest BCUT2D eigenvalue weighted by Gasteiger charge is -2.09. The molecule has 3 N–H and O–H groups in total. The van der Waals surface area contributed by atoms with E-state index in [-0.39, 0.29) is 11.7 Å². The average Bonchev–Trinajstić information content (AvgIpc) is 2.96. The third-order valence-corrected chi connectivity index (χ3v) is 4.16. The van der Waals surface area contributed by atoms with Crippen LogP contribution in [-0.4, -0.2) is 21.5 Å². The maximum absolute atomic E-state index is 13.1. The minimum atomic E-state index is -0.551. The molecule has 3 rings (SSSR count). The third kappa shape index (κ3) is 3.53. The molecule has 0 saturated carbocycles. The molecule has 5 nitrogen and oxygen atoms in total. The maximum atomic E-state index is 13.1. The highest BCUT2D eigenvalue weighted by molar-refractivity contribution is 5.83. The number of carbonyl (C=O) groups excluding carboxylic acids is 1. The first-order chi connectivity index (χ1) is 12.0. The van der Waals surface area contributed by atoms with Gasteiger partial charge in [0.05, 0.1) is 23.6 Å². The molecule has 0 aliphatic carbocycles. The number of aromatic nitrogens is 2. The van der Waals surface area contributed by atoms with E-state index >= 15 is 0 Å². The number of amides is 1. The number of hydrogen-bond donors (Lipinski definition) is 2. The Morgan fingerprint density at radius 3 is 2.56 bits per heavy atom. The zero-order valence-corrected chi connectivity index (χ0v) is 14.3. The second-order valence-electron chi connectivity index (χ2n) is 5.99. The summed E-state index contributed by atoms with van der Waals surface area (Å²) in [5, 5.41) is 2.80. The molecule has 0 unspecified atom stereocenters. The van der Waals surface area contributed by atoms with Crippen molar-refractivity contribution in [3.05, 3.63) is 54.1 Å². The standard InChI is InChI=1S/C19H21FN4O/c1-3-24-17-9-6-14(13-4-7-15(20)8-5-13)10-16(17)23-18(24)11-22-19(25)12(2)21/h4-10,12H,3,11,21H2,1-2H3,(H,22,25)/t12-/m0/s1. The molecular formula is C19H21FN4O. The van der Waals surface area contributed by atoms with Gasteiger partial charge < -0.3 is 15.6 Å². The first-order valence-corrected chi connectivity index (χ1v) is 8.28. The number of nitrogens with two attached hydrogens (primary N) is 1. The topological polar surface area (TPSA) is 72.9 Å². The maximum Gasteiger partial charge on any atom is 0.237 e. The summed E-state index contributed by atoms with van der Waals surface area (Å²) in [7, 11) is 0. The van der Waals surface area contributed by atoms with Gasteiger partial charge in [-0.1, -0.05) is 18.2 Å². The summed E-state index contributed by atoms with van der Waals surface area (Å²) in [5.41, 5.74) is 9.32. The summed E-state index contributed by atoms with van der Waals surface area (Å²) < 4.78 is 15.2. The third-order valence-electron chi connectivity index (χ3n) is 4.16. The Kier molecular flexibility index (Phi) is 4.81. The van der Waals surface area contributed by atoms with Gasteiger partial charge in [-0.25, -0.2) is 9.37 Å². The second-order valence-corrected chi connectivity index (χ2v) is 5.99. The highest BCUT2D eigenvalue weighted by atomic mass is 19.1. The van der Waals surface area contributed by atoms with Gasteiger partial charge in [-0.15, -0.1) is 0 Å². The van der Waals surface area contributed by atoms with E-state index in [0.717, 1.165) is 34.5 Å². The van der Waals surface area contributed by atoms with E-state index in [1.165, 1.54) is 12.1 Å². The van der Waals surface area contributed by atoms with Gasteiger partial charge in [0.15, 0.2) is 0 Å². The number of nitrogens with zero attached hydrogens (tertiary/aromatic N) is 2. The highest BCUT2D eigenvalue weighted by Crippen LogP contribution is 2.25. The highest BCUT2D eigenvalue weighted by Gasteiger charge is 2.13. The minimum absolute atomic E-state index is 0.207. The van der Waals surface area contributed by atoms with E-state index in [2.05, 4.69) is 14.9 Å². The van der Waals surface area contributed by atoms with Crippen LogP contribution in [0.25, 0.3) is 22.2 Å². The van der Waals surface area contributed by atoms with Crippen molar-refractivity contribution in [3.63, 3.8) is 0 Å². The summed E-state index contributed by atoms with van der Waals surface area (Å²) >= 11 is 0. The smallest absolute Gasteiger partial charge is 0.237 e. The molecule has 0 radical (unpaired) electrons. The van der Waals surface area contributed by atoms with Gasteiger partial charge in [0.2, 0.25) is 5.91 Å². The van der Waals surface area contributed by atoms with Crippen LogP contribution in [0.5, 0.6) is 0 Å². The molecule has 0 bridgehead atoms. The Morgan fingerprint density at radius 2 is 1.92 bits per heavy atom. The Morgan fingerprint density at radius 1 is 1.24 bits per heavy atom. The number of nitrogens with one attached hydrogen (secondary N) is 1. The number of fused-ring (bicyclic) bond motifs is 1. The van der Waals surface area contributed by atoms with Crippen molar-refractivity contribution in [2.75, 3.05) is 0 Å². The second kappa shape index (κ2) is 7.03. The largest absolute Gasteiger partial charge is 0.348 e. The number of benzene rings is 2. The van der Waals surface area contributed by atoms with Gasteiger partial charge in [0, 0.05) is 6.54 Å². The molecule has 1 atom stereocenters. The van der Waals surface area contributed by atoms with Crippen molar-refractivity contribution in [2.24, 2.45) is 5.73 Å². The predicted molar refractivity (Wildman–Crippen MR) is 96.3 cm³/mol. The van der Waals surface area contributed by atoms with Crippen molar-refractivity contribution in [1.29, 1.82) is 0 Å². The van der Waals surface area contributed by atoms with Crippen LogP contribution in [0.3, 0.4) is 0 Å².